The van der Waals surface area contributed by atoms with Crippen molar-refractivity contribution in [3.05, 3.63) is 71.3 Å². The molecule has 1 unspecified atom stereocenters. The van der Waals surface area contributed by atoms with Crippen LogP contribution in [-0.4, -0.2) is 36.5 Å². The van der Waals surface area contributed by atoms with Crippen LogP contribution in [0.2, 0.25) is 0 Å². The van der Waals surface area contributed by atoms with E-state index in [9.17, 15) is 9.59 Å². The predicted octanol–water partition coefficient (Wildman–Crippen LogP) is 4.62. The van der Waals surface area contributed by atoms with Crippen molar-refractivity contribution in [2.75, 3.05) is 19.6 Å². The minimum absolute atomic E-state index is 0.00720. The van der Waals surface area contributed by atoms with Gasteiger partial charge in [-0.1, -0.05) is 67.9 Å². The summed E-state index contributed by atoms with van der Waals surface area (Å²) < 4.78 is 0. The van der Waals surface area contributed by atoms with Crippen molar-refractivity contribution in [2.45, 2.75) is 57.9 Å². The third-order valence-electron chi connectivity index (χ3n) is 5.92. The fourth-order valence-corrected chi connectivity index (χ4v) is 4.11. The summed E-state index contributed by atoms with van der Waals surface area (Å²) in [5.74, 6) is 0.00720. The normalized spacial score (nSPS) is 15.1. The van der Waals surface area contributed by atoms with Crippen LogP contribution in [0.15, 0.2) is 54.6 Å². The molecule has 0 heterocycles. The average molecular weight is 422 g/mol. The lowest BCUT2D eigenvalue weighted by molar-refractivity contribution is -0.122. The Kier molecular flexibility index (Phi) is 8.95. The monoisotopic (exact) mass is 421 g/mol. The third kappa shape index (κ3) is 7.12. The zero-order chi connectivity index (χ0) is 21.9. The molecule has 0 saturated carbocycles. The van der Waals surface area contributed by atoms with Crippen LogP contribution < -0.4 is 10.6 Å². The van der Waals surface area contributed by atoms with Gasteiger partial charge in [0.1, 0.15) is 0 Å². The maximum atomic E-state index is 12.7. The number of unbranched alkanes of at least 4 members (excludes halogenated alkanes) is 1. The number of rotatable bonds is 10. The van der Waals surface area contributed by atoms with E-state index >= 15 is 0 Å². The number of urea groups is 1. The number of nitrogens with zero attached hydrogens (tertiary/aromatic N) is 1. The Morgan fingerprint density at radius 1 is 1.03 bits per heavy atom. The van der Waals surface area contributed by atoms with Crippen molar-refractivity contribution >= 4 is 11.9 Å². The van der Waals surface area contributed by atoms with Gasteiger partial charge in [0.15, 0.2) is 0 Å². The maximum Gasteiger partial charge on any atom is 0.317 e. The Bertz CT molecular complexity index is 838. The van der Waals surface area contributed by atoms with Crippen LogP contribution in [-0.2, 0) is 17.6 Å². The second kappa shape index (κ2) is 12.1. The Morgan fingerprint density at radius 3 is 2.61 bits per heavy atom. The van der Waals surface area contributed by atoms with Gasteiger partial charge in [-0.2, -0.15) is 0 Å². The zero-order valence-electron chi connectivity index (χ0n) is 18.6. The van der Waals surface area contributed by atoms with E-state index in [0.717, 1.165) is 38.5 Å². The molecule has 0 aliphatic heterocycles. The van der Waals surface area contributed by atoms with Crippen molar-refractivity contribution in [1.29, 1.82) is 0 Å². The highest BCUT2D eigenvalue weighted by Gasteiger charge is 2.22. The molecule has 31 heavy (non-hydrogen) atoms. The van der Waals surface area contributed by atoms with E-state index in [1.54, 1.807) is 4.90 Å². The molecule has 5 nitrogen and oxygen atoms in total. The molecular formula is C26H35N3O2. The first kappa shape index (κ1) is 22.9. The lowest BCUT2D eigenvalue weighted by Crippen LogP contribution is -2.43. The van der Waals surface area contributed by atoms with Gasteiger partial charge in [0.05, 0.1) is 6.04 Å². The highest BCUT2D eigenvalue weighted by Crippen LogP contribution is 2.29. The Morgan fingerprint density at radius 2 is 1.81 bits per heavy atom. The lowest BCUT2D eigenvalue weighted by atomic mass is 9.87. The highest BCUT2D eigenvalue weighted by atomic mass is 16.2. The zero-order valence-corrected chi connectivity index (χ0v) is 18.6. The maximum absolute atomic E-state index is 12.7. The number of carbonyl (C=O) groups excluding carboxylic acids is 2. The van der Waals surface area contributed by atoms with Gasteiger partial charge < -0.3 is 15.5 Å². The number of hydrogen-bond acceptors (Lipinski definition) is 2. The molecule has 1 aliphatic carbocycles. The molecule has 166 valence electrons. The smallest absolute Gasteiger partial charge is 0.317 e. The van der Waals surface area contributed by atoms with E-state index in [-0.39, 0.29) is 18.0 Å². The summed E-state index contributed by atoms with van der Waals surface area (Å²) in [6, 6.07) is 18.5. The first-order chi connectivity index (χ1) is 15.2. The second-order valence-corrected chi connectivity index (χ2v) is 8.27. The van der Waals surface area contributed by atoms with Crippen molar-refractivity contribution in [2.24, 2.45) is 0 Å². The van der Waals surface area contributed by atoms with Gasteiger partial charge in [0.25, 0.3) is 0 Å². The van der Waals surface area contributed by atoms with Gasteiger partial charge in [-0.3, -0.25) is 4.79 Å². The minimum atomic E-state index is -0.0832. The molecule has 2 aromatic rings. The molecule has 1 atom stereocenters. The molecule has 2 aromatic carbocycles. The van der Waals surface area contributed by atoms with Gasteiger partial charge in [0.2, 0.25) is 5.91 Å². The molecule has 0 radical (unpaired) electrons. The summed E-state index contributed by atoms with van der Waals surface area (Å²) in [6.45, 7) is 3.79. The quantitative estimate of drug-likeness (QED) is 0.550. The third-order valence-corrected chi connectivity index (χ3v) is 5.92. The van der Waals surface area contributed by atoms with Crippen molar-refractivity contribution in [3.8, 4) is 0 Å². The first-order valence-corrected chi connectivity index (χ1v) is 11.6. The first-order valence-electron chi connectivity index (χ1n) is 11.6. The van der Waals surface area contributed by atoms with Crippen LogP contribution in [0, 0.1) is 0 Å². The van der Waals surface area contributed by atoms with Crippen molar-refractivity contribution < 1.29 is 9.59 Å². The summed E-state index contributed by atoms with van der Waals surface area (Å²) in [4.78, 5) is 27.2. The minimum Gasteiger partial charge on any atom is -0.349 e. The summed E-state index contributed by atoms with van der Waals surface area (Å²) in [7, 11) is 0. The molecule has 0 bridgehead atoms. The van der Waals surface area contributed by atoms with E-state index in [1.807, 2.05) is 24.3 Å². The fraction of sp³-hybridized carbons (Fsp3) is 0.462. The summed E-state index contributed by atoms with van der Waals surface area (Å²) >= 11 is 0. The van der Waals surface area contributed by atoms with Gasteiger partial charge in [-0.25, -0.2) is 4.79 Å². The number of fused-ring (bicyclic) bond motifs is 1. The topological polar surface area (TPSA) is 61.4 Å². The fourth-order valence-electron chi connectivity index (χ4n) is 4.11. The Labute approximate surface area is 186 Å². The van der Waals surface area contributed by atoms with Crippen LogP contribution in [0.25, 0.3) is 0 Å². The predicted molar refractivity (Wildman–Crippen MR) is 125 cm³/mol. The van der Waals surface area contributed by atoms with E-state index in [2.05, 4.69) is 47.9 Å². The lowest BCUT2D eigenvalue weighted by Gasteiger charge is -2.27. The molecule has 1 aliphatic rings. The van der Waals surface area contributed by atoms with Crippen LogP contribution in [0.4, 0.5) is 4.79 Å². The molecule has 0 aromatic heterocycles. The number of hydrogen-bond donors (Lipinski definition) is 2. The summed E-state index contributed by atoms with van der Waals surface area (Å²) in [5.41, 5.74) is 3.76. The van der Waals surface area contributed by atoms with Gasteiger partial charge >= 0.3 is 6.03 Å². The molecule has 2 N–H and O–H groups in total. The molecular weight excluding hydrogens is 386 g/mol. The van der Waals surface area contributed by atoms with Crippen LogP contribution in [0.5, 0.6) is 0 Å². The number of benzene rings is 2. The van der Waals surface area contributed by atoms with Crippen LogP contribution in [0.1, 0.15) is 61.8 Å². The summed E-state index contributed by atoms with van der Waals surface area (Å²) in [5, 5.41) is 6.19. The number of carbonyl (C=O) groups is 2. The molecule has 3 amide bonds. The molecule has 5 heteroatoms. The Hall–Kier alpha value is -2.82. The van der Waals surface area contributed by atoms with Crippen molar-refractivity contribution in [1.82, 2.24) is 15.5 Å². The largest absolute Gasteiger partial charge is 0.349 e. The van der Waals surface area contributed by atoms with E-state index in [0.29, 0.717) is 26.1 Å². The van der Waals surface area contributed by atoms with E-state index in [4.69, 9.17) is 0 Å². The van der Waals surface area contributed by atoms with E-state index < -0.39 is 0 Å². The summed E-state index contributed by atoms with van der Waals surface area (Å²) in [6.07, 6.45) is 6.22. The average Bonchev–Trinajstić information content (AvgIpc) is 2.80. The molecule has 0 saturated heterocycles. The molecule has 0 spiro atoms. The molecule has 0 fully saturated rings. The number of nitrogens with one attached hydrogen (secondary N) is 2. The standard InChI is InChI=1S/C26H35N3O2/c1-2-3-18-27-26(31)29(19-16-21-10-5-4-6-11-21)20-17-25(30)28-24-15-9-13-22-12-7-8-14-23(22)24/h4-8,10-12,14,24H,2-3,9,13,15-20H2,1H3,(H,27,31)(H,28,30). The number of amides is 3. The molecule has 3 rings (SSSR count). The van der Waals surface area contributed by atoms with Gasteiger partial charge in [-0.05, 0) is 48.8 Å². The Balaban J connectivity index is 1.54. The van der Waals surface area contributed by atoms with E-state index in [1.165, 1.54) is 16.7 Å². The van der Waals surface area contributed by atoms with Crippen LogP contribution in [0.3, 0.4) is 0 Å². The van der Waals surface area contributed by atoms with Gasteiger partial charge in [-0.15, -0.1) is 0 Å². The highest BCUT2D eigenvalue weighted by molar-refractivity contribution is 5.78. The van der Waals surface area contributed by atoms with Gasteiger partial charge in [0, 0.05) is 26.1 Å². The SMILES string of the molecule is CCCCNC(=O)N(CCC(=O)NC1CCCc2ccccc21)CCc1ccccc1. The van der Waals surface area contributed by atoms with Crippen molar-refractivity contribution in [3.63, 3.8) is 0 Å². The van der Waals surface area contributed by atoms with Crippen LogP contribution >= 0.6 is 0 Å². The second-order valence-electron chi connectivity index (χ2n) is 8.27. The number of aryl methyl sites for hydroxylation is 1.